The van der Waals surface area contributed by atoms with Crippen molar-refractivity contribution in [2.75, 3.05) is 32.5 Å². The summed E-state index contributed by atoms with van der Waals surface area (Å²) < 4.78 is 31.2. The maximum atomic E-state index is 11.3. The van der Waals surface area contributed by atoms with E-state index in [1.165, 1.54) is 16.7 Å². The van der Waals surface area contributed by atoms with Gasteiger partial charge in [-0.3, -0.25) is 4.90 Å². The van der Waals surface area contributed by atoms with E-state index < -0.39 is 10.0 Å². The van der Waals surface area contributed by atoms with E-state index in [9.17, 15) is 8.42 Å². The van der Waals surface area contributed by atoms with E-state index in [2.05, 4.69) is 28.0 Å². The first kappa shape index (κ1) is 17.4. The Hall–Kier alpha value is -0.470. The zero-order valence-corrected chi connectivity index (χ0v) is 15.5. The smallest absolute Gasteiger partial charge is 0.208 e. The fraction of sp³-hybridized carbons (Fsp3) is 0.750. The molecule has 3 rings (SSSR count). The van der Waals surface area contributed by atoms with Crippen LogP contribution < -0.4 is 4.72 Å². The van der Waals surface area contributed by atoms with Crippen molar-refractivity contribution in [2.24, 2.45) is 5.41 Å². The molecule has 2 atom stereocenters. The first-order valence-electron chi connectivity index (χ1n) is 8.20. The second-order valence-corrected chi connectivity index (χ2v) is 9.75. The predicted molar refractivity (Wildman–Crippen MR) is 93.2 cm³/mol. The Kier molecular flexibility index (Phi) is 5.13. The van der Waals surface area contributed by atoms with Crippen molar-refractivity contribution < 1.29 is 13.2 Å². The summed E-state index contributed by atoms with van der Waals surface area (Å²) in [5.41, 5.74) is 1.47. The van der Waals surface area contributed by atoms with E-state index in [-0.39, 0.29) is 11.5 Å². The van der Waals surface area contributed by atoms with E-state index in [1.807, 2.05) is 11.3 Å². The molecule has 1 aromatic heterocycles. The highest BCUT2D eigenvalue weighted by molar-refractivity contribution is 7.88. The van der Waals surface area contributed by atoms with Crippen molar-refractivity contribution in [3.05, 3.63) is 21.9 Å². The SMILES string of the molecule is Cc1ccsc1CN1CC[C@@H]2OCC[C@]2(CCNS(C)(=O)=O)C1. The molecule has 130 valence electrons. The number of sulfonamides is 1. The molecule has 2 saturated heterocycles. The number of fused-ring (bicyclic) bond motifs is 1. The van der Waals surface area contributed by atoms with Gasteiger partial charge in [0.2, 0.25) is 10.0 Å². The third kappa shape index (κ3) is 4.14. The fourth-order valence-electron chi connectivity index (χ4n) is 3.89. The van der Waals surface area contributed by atoms with Gasteiger partial charge >= 0.3 is 0 Å². The molecule has 1 N–H and O–H groups in total. The molecule has 0 saturated carbocycles. The molecule has 7 heteroatoms. The van der Waals surface area contributed by atoms with Crippen LogP contribution in [0.5, 0.6) is 0 Å². The van der Waals surface area contributed by atoms with Crippen LogP contribution in [0.15, 0.2) is 11.4 Å². The predicted octanol–water partition coefficient (Wildman–Crippen LogP) is 1.98. The van der Waals surface area contributed by atoms with Gasteiger partial charge in [0, 0.05) is 43.1 Å². The van der Waals surface area contributed by atoms with Gasteiger partial charge in [0.1, 0.15) is 0 Å². The van der Waals surface area contributed by atoms with E-state index in [0.29, 0.717) is 6.54 Å². The molecule has 0 bridgehead atoms. The van der Waals surface area contributed by atoms with Gasteiger partial charge in [-0.05, 0) is 43.2 Å². The quantitative estimate of drug-likeness (QED) is 0.845. The van der Waals surface area contributed by atoms with Crippen LogP contribution in [0.25, 0.3) is 0 Å². The maximum Gasteiger partial charge on any atom is 0.208 e. The number of likely N-dealkylation sites (tertiary alicyclic amines) is 1. The topological polar surface area (TPSA) is 58.6 Å². The molecule has 1 aromatic rings. The third-order valence-electron chi connectivity index (χ3n) is 5.17. The van der Waals surface area contributed by atoms with Crippen LogP contribution in [0.1, 0.15) is 29.7 Å². The lowest BCUT2D eigenvalue weighted by molar-refractivity contribution is -0.0234. The summed E-state index contributed by atoms with van der Waals surface area (Å²) in [6.45, 7) is 6.53. The first-order valence-corrected chi connectivity index (χ1v) is 11.0. The lowest BCUT2D eigenvalue weighted by Gasteiger charge is -2.44. The summed E-state index contributed by atoms with van der Waals surface area (Å²) in [7, 11) is -3.12. The number of hydrogen-bond donors (Lipinski definition) is 1. The third-order valence-corrected chi connectivity index (χ3v) is 6.91. The second-order valence-electron chi connectivity index (χ2n) is 6.91. The summed E-state index contributed by atoms with van der Waals surface area (Å²) in [6.07, 6.45) is 4.43. The normalized spacial score (nSPS) is 28.9. The van der Waals surface area contributed by atoms with Crippen molar-refractivity contribution >= 4 is 21.4 Å². The minimum absolute atomic E-state index is 0.0983. The molecule has 0 amide bonds. The molecule has 0 aromatic carbocycles. The lowest BCUT2D eigenvalue weighted by Crippen LogP contribution is -2.50. The van der Waals surface area contributed by atoms with Crippen LogP contribution >= 0.6 is 11.3 Å². The molecule has 0 unspecified atom stereocenters. The summed E-state index contributed by atoms with van der Waals surface area (Å²) in [6, 6.07) is 2.18. The lowest BCUT2D eigenvalue weighted by atomic mass is 9.74. The van der Waals surface area contributed by atoms with Gasteiger partial charge in [-0.15, -0.1) is 11.3 Å². The number of thiophene rings is 1. The van der Waals surface area contributed by atoms with E-state index >= 15 is 0 Å². The van der Waals surface area contributed by atoms with E-state index in [1.54, 1.807) is 0 Å². The highest BCUT2D eigenvalue weighted by Crippen LogP contribution is 2.43. The van der Waals surface area contributed by atoms with Crippen LogP contribution in [-0.4, -0.2) is 51.9 Å². The van der Waals surface area contributed by atoms with Crippen LogP contribution in [-0.2, 0) is 21.3 Å². The summed E-state index contributed by atoms with van der Waals surface area (Å²) in [5.74, 6) is 0. The summed E-state index contributed by atoms with van der Waals surface area (Å²) >= 11 is 1.82. The van der Waals surface area contributed by atoms with Crippen LogP contribution in [0.3, 0.4) is 0 Å². The number of ether oxygens (including phenoxy) is 1. The average molecular weight is 359 g/mol. The standard InChI is InChI=1S/C16H26N2O3S2/c1-13-4-10-22-14(13)11-18-8-3-15-16(12-18,6-9-21-15)5-7-17-23(2,19)20/h4,10,15,17H,3,5-9,11-12H2,1-2H3/t15-,16+/m0/s1. The van der Waals surface area contributed by atoms with Crippen LogP contribution in [0.2, 0.25) is 0 Å². The van der Waals surface area contributed by atoms with Gasteiger partial charge in [-0.25, -0.2) is 13.1 Å². The summed E-state index contributed by atoms with van der Waals surface area (Å²) in [5, 5.41) is 2.15. The molecule has 0 spiro atoms. The molecule has 23 heavy (non-hydrogen) atoms. The first-order chi connectivity index (χ1) is 10.9. The Morgan fingerprint density at radius 3 is 3.04 bits per heavy atom. The Morgan fingerprint density at radius 1 is 1.52 bits per heavy atom. The highest BCUT2D eigenvalue weighted by Gasteiger charge is 2.47. The Morgan fingerprint density at radius 2 is 2.35 bits per heavy atom. The molecule has 2 fully saturated rings. The Balaban J connectivity index is 1.65. The fourth-order valence-corrected chi connectivity index (χ4v) is 5.31. The minimum Gasteiger partial charge on any atom is -0.378 e. The van der Waals surface area contributed by atoms with Gasteiger partial charge in [0.15, 0.2) is 0 Å². The largest absolute Gasteiger partial charge is 0.378 e. The van der Waals surface area contributed by atoms with Gasteiger partial charge in [-0.2, -0.15) is 0 Å². The van der Waals surface area contributed by atoms with Gasteiger partial charge in [0.25, 0.3) is 0 Å². The Labute approximate surface area is 143 Å². The van der Waals surface area contributed by atoms with Gasteiger partial charge in [0.05, 0.1) is 12.4 Å². The second kappa shape index (κ2) is 6.80. The molecular weight excluding hydrogens is 332 g/mol. The number of aryl methyl sites for hydroxylation is 1. The molecule has 2 aliphatic heterocycles. The van der Waals surface area contributed by atoms with E-state index in [4.69, 9.17) is 4.74 Å². The summed E-state index contributed by atoms with van der Waals surface area (Å²) in [4.78, 5) is 3.96. The molecule has 0 aliphatic carbocycles. The van der Waals surface area contributed by atoms with Gasteiger partial charge < -0.3 is 4.74 Å². The monoisotopic (exact) mass is 358 g/mol. The van der Waals surface area contributed by atoms with Crippen molar-refractivity contribution in [3.63, 3.8) is 0 Å². The number of hydrogen-bond acceptors (Lipinski definition) is 5. The zero-order chi connectivity index (χ0) is 16.5. The van der Waals surface area contributed by atoms with Crippen molar-refractivity contribution in [1.82, 2.24) is 9.62 Å². The van der Waals surface area contributed by atoms with E-state index in [0.717, 1.165) is 45.5 Å². The molecular formula is C16H26N2O3S2. The maximum absolute atomic E-state index is 11.3. The number of piperidine rings is 1. The van der Waals surface area contributed by atoms with Crippen LogP contribution in [0.4, 0.5) is 0 Å². The Bertz CT molecular complexity index is 644. The average Bonchev–Trinajstić information content (AvgIpc) is 3.04. The number of rotatable bonds is 6. The molecule has 3 heterocycles. The minimum atomic E-state index is -3.12. The van der Waals surface area contributed by atoms with Crippen molar-refractivity contribution in [2.45, 2.75) is 38.8 Å². The number of nitrogens with zero attached hydrogens (tertiary/aromatic N) is 1. The van der Waals surface area contributed by atoms with Crippen LogP contribution in [0, 0.1) is 12.3 Å². The number of nitrogens with one attached hydrogen (secondary N) is 1. The molecule has 5 nitrogen and oxygen atoms in total. The van der Waals surface area contributed by atoms with Crippen molar-refractivity contribution in [1.29, 1.82) is 0 Å². The zero-order valence-electron chi connectivity index (χ0n) is 13.9. The molecule has 0 radical (unpaired) electrons. The van der Waals surface area contributed by atoms with Gasteiger partial charge in [-0.1, -0.05) is 0 Å². The molecule has 2 aliphatic rings. The van der Waals surface area contributed by atoms with Crippen molar-refractivity contribution in [3.8, 4) is 0 Å². The highest BCUT2D eigenvalue weighted by atomic mass is 32.2.